The molecule has 2 atom stereocenters. The highest BCUT2D eigenvalue weighted by atomic mass is 19.1. The molecular formula is C14H18FN. The average Bonchev–Trinajstić information content (AvgIpc) is 2.58. The summed E-state index contributed by atoms with van der Waals surface area (Å²) in [7, 11) is 0. The minimum Gasteiger partial charge on any atom is -0.311 e. The fraction of sp³-hybridized carbons (Fsp3) is 0.571. The van der Waals surface area contributed by atoms with E-state index in [1.54, 1.807) is 12.1 Å². The van der Waals surface area contributed by atoms with Crippen molar-refractivity contribution in [2.45, 2.75) is 50.6 Å². The van der Waals surface area contributed by atoms with Crippen LogP contribution in [0.15, 0.2) is 18.2 Å². The van der Waals surface area contributed by atoms with E-state index in [1.165, 1.54) is 31.2 Å². The first-order valence-corrected chi connectivity index (χ1v) is 6.24. The highest BCUT2D eigenvalue weighted by Gasteiger charge is 2.34. The zero-order valence-electron chi connectivity index (χ0n) is 9.67. The molecule has 2 fully saturated rings. The van der Waals surface area contributed by atoms with Crippen LogP contribution in [0.1, 0.15) is 42.7 Å². The summed E-state index contributed by atoms with van der Waals surface area (Å²) in [5.41, 5.74) is 2.48. The van der Waals surface area contributed by atoms with Crippen LogP contribution in [0.3, 0.4) is 0 Å². The molecule has 1 aromatic carbocycles. The number of hydrogen-bond acceptors (Lipinski definition) is 1. The van der Waals surface area contributed by atoms with E-state index in [4.69, 9.17) is 0 Å². The van der Waals surface area contributed by atoms with E-state index < -0.39 is 0 Å². The Morgan fingerprint density at radius 2 is 1.88 bits per heavy atom. The predicted octanol–water partition coefficient (Wildman–Crippen LogP) is 3.13. The molecule has 0 amide bonds. The number of rotatable bonds is 1. The molecule has 2 aliphatic rings. The van der Waals surface area contributed by atoms with Crippen LogP contribution in [0.2, 0.25) is 0 Å². The minimum atomic E-state index is -0.113. The molecule has 0 aromatic heterocycles. The van der Waals surface area contributed by atoms with E-state index in [9.17, 15) is 4.39 Å². The Morgan fingerprint density at radius 3 is 2.50 bits per heavy atom. The SMILES string of the molecule is Cc1cc(F)ccc1C1CC2CCC(C1)N2. The highest BCUT2D eigenvalue weighted by molar-refractivity contribution is 5.31. The Kier molecular flexibility index (Phi) is 2.47. The maximum Gasteiger partial charge on any atom is 0.123 e. The Labute approximate surface area is 96.1 Å². The summed E-state index contributed by atoms with van der Waals surface area (Å²) in [5.74, 6) is 0.525. The zero-order chi connectivity index (χ0) is 11.1. The summed E-state index contributed by atoms with van der Waals surface area (Å²) in [5, 5.41) is 3.65. The van der Waals surface area contributed by atoms with Gasteiger partial charge in [-0.2, -0.15) is 0 Å². The first kappa shape index (κ1) is 10.3. The number of nitrogens with one attached hydrogen (secondary N) is 1. The van der Waals surface area contributed by atoms with E-state index in [-0.39, 0.29) is 5.82 Å². The molecular weight excluding hydrogens is 201 g/mol. The number of piperidine rings is 1. The maximum atomic E-state index is 13.1. The van der Waals surface area contributed by atoms with Crippen molar-refractivity contribution in [2.24, 2.45) is 0 Å². The minimum absolute atomic E-state index is 0.113. The van der Waals surface area contributed by atoms with E-state index in [0.717, 1.165) is 5.56 Å². The van der Waals surface area contributed by atoms with Crippen molar-refractivity contribution in [1.82, 2.24) is 5.32 Å². The van der Waals surface area contributed by atoms with Crippen molar-refractivity contribution in [2.75, 3.05) is 0 Å². The topological polar surface area (TPSA) is 12.0 Å². The zero-order valence-corrected chi connectivity index (χ0v) is 9.67. The van der Waals surface area contributed by atoms with E-state index in [1.807, 2.05) is 13.0 Å². The smallest absolute Gasteiger partial charge is 0.123 e. The van der Waals surface area contributed by atoms with Gasteiger partial charge in [-0.3, -0.25) is 0 Å². The third-order valence-electron chi connectivity index (χ3n) is 4.14. The lowest BCUT2D eigenvalue weighted by Gasteiger charge is -2.30. The van der Waals surface area contributed by atoms with Gasteiger partial charge in [0.05, 0.1) is 0 Å². The number of halogens is 1. The Morgan fingerprint density at radius 1 is 1.19 bits per heavy atom. The normalized spacial score (nSPS) is 33.0. The van der Waals surface area contributed by atoms with Gasteiger partial charge in [0.25, 0.3) is 0 Å². The van der Waals surface area contributed by atoms with Crippen LogP contribution >= 0.6 is 0 Å². The van der Waals surface area contributed by atoms with Crippen LogP contribution in [0, 0.1) is 12.7 Å². The van der Waals surface area contributed by atoms with Gasteiger partial charge >= 0.3 is 0 Å². The lowest BCUT2D eigenvalue weighted by Crippen LogP contribution is -2.37. The van der Waals surface area contributed by atoms with Crippen LogP contribution in [0.5, 0.6) is 0 Å². The fourth-order valence-corrected chi connectivity index (χ4v) is 3.41. The van der Waals surface area contributed by atoms with Crippen LogP contribution in [0.25, 0.3) is 0 Å². The number of benzene rings is 1. The largest absolute Gasteiger partial charge is 0.311 e. The number of aryl methyl sites for hydroxylation is 1. The van der Waals surface area contributed by atoms with Crippen LogP contribution in [-0.2, 0) is 0 Å². The molecule has 0 radical (unpaired) electrons. The van der Waals surface area contributed by atoms with E-state index in [2.05, 4.69) is 5.32 Å². The Balaban J connectivity index is 1.87. The summed E-state index contributed by atoms with van der Waals surface area (Å²) in [4.78, 5) is 0. The molecule has 1 N–H and O–H groups in total. The summed E-state index contributed by atoms with van der Waals surface area (Å²) in [6, 6.07) is 6.66. The number of fused-ring (bicyclic) bond motifs is 2. The summed E-state index contributed by atoms with van der Waals surface area (Å²) < 4.78 is 13.1. The quantitative estimate of drug-likeness (QED) is 0.765. The fourth-order valence-electron chi connectivity index (χ4n) is 3.41. The van der Waals surface area contributed by atoms with Crippen LogP contribution in [0.4, 0.5) is 4.39 Å². The predicted molar refractivity (Wildman–Crippen MR) is 63.1 cm³/mol. The summed E-state index contributed by atoms with van der Waals surface area (Å²) in [6.07, 6.45) is 5.09. The van der Waals surface area contributed by atoms with Gasteiger partial charge in [-0.05, 0) is 61.8 Å². The molecule has 16 heavy (non-hydrogen) atoms. The third kappa shape index (κ3) is 1.75. The molecule has 2 aliphatic heterocycles. The molecule has 3 rings (SSSR count). The van der Waals surface area contributed by atoms with Crippen molar-refractivity contribution < 1.29 is 4.39 Å². The molecule has 1 nitrogen and oxygen atoms in total. The summed E-state index contributed by atoms with van der Waals surface area (Å²) in [6.45, 7) is 2.03. The van der Waals surface area contributed by atoms with Crippen molar-refractivity contribution in [3.63, 3.8) is 0 Å². The van der Waals surface area contributed by atoms with Crippen molar-refractivity contribution in [3.8, 4) is 0 Å². The highest BCUT2D eigenvalue weighted by Crippen LogP contribution is 2.38. The second-order valence-electron chi connectivity index (χ2n) is 5.31. The van der Waals surface area contributed by atoms with Crippen molar-refractivity contribution >= 4 is 0 Å². The molecule has 2 heteroatoms. The van der Waals surface area contributed by atoms with Gasteiger partial charge in [-0.1, -0.05) is 6.07 Å². The standard InChI is InChI=1S/C14H18FN/c1-9-6-11(15)2-5-14(9)10-7-12-3-4-13(8-10)16-12/h2,5-6,10,12-13,16H,3-4,7-8H2,1H3. The van der Waals surface area contributed by atoms with E-state index >= 15 is 0 Å². The molecule has 0 spiro atoms. The van der Waals surface area contributed by atoms with Gasteiger partial charge in [-0.25, -0.2) is 4.39 Å². The van der Waals surface area contributed by atoms with Gasteiger partial charge < -0.3 is 5.32 Å². The second-order valence-corrected chi connectivity index (χ2v) is 5.31. The molecule has 0 aliphatic carbocycles. The Hall–Kier alpha value is -0.890. The third-order valence-corrected chi connectivity index (χ3v) is 4.14. The van der Waals surface area contributed by atoms with Gasteiger partial charge in [0.2, 0.25) is 0 Å². The van der Waals surface area contributed by atoms with Gasteiger partial charge in [0.15, 0.2) is 0 Å². The van der Waals surface area contributed by atoms with Gasteiger partial charge in [0.1, 0.15) is 5.82 Å². The monoisotopic (exact) mass is 219 g/mol. The molecule has 2 heterocycles. The molecule has 2 saturated heterocycles. The number of hydrogen-bond donors (Lipinski definition) is 1. The van der Waals surface area contributed by atoms with Crippen LogP contribution in [-0.4, -0.2) is 12.1 Å². The van der Waals surface area contributed by atoms with Gasteiger partial charge in [0, 0.05) is 12.1 Å². The molecule has 2 unspecified atom stereocenters. The molecule has 0 saturated carbocycles. The van der Waals surface area contributed by atoms with E-state index in [0.29, 0.717) is 18.0 Å². The molecule has 2 bridgehead atoms. The van der Waals surface area contributed by atoms with Crippen molar-refractivity contribution in [3.05, 3.63) is 35.1 Å². The summed E-state index contributed by atoms with van der Waals surface area (Å²) >= 11 is 0. The van der Waals surface area contributed by atoms with Crippen molar-refractivity contribution in [1.29, 1.82) is 0 Å². The van der Waals surface area contributed by atoms with Crippen LogP contribution < -0.4 is 5.32 Å². The Bertz CT molecular complexity index is 390. The first-order valence-electron chi connectivity index (χ1n) is 6.24. The second kappa shape index (κ2) is 3.85. The maximum absolute atomic E-state index is 13.1. The van der Waals surface area contributed by atoms with Gasteiger partial charge in [-0.15, -0.1) is 0 Å². The first-order chi connectivity index (χ1) is 7.72. The lowest BCUT2D eigenvalue weighted by molar-refractivity contribution is 0.362. The average molecular weight is 219 g/mol. The lowest BCUT2D eigenvalue weighted by atomic mass is 9.84. The molecule has 86 valence electrons. The molecule has 1 aromatic rings.